The maximum absolute atomic E-state index is 10.9. The summed E-state index contributed by atoms with van der Waals surface area (Å²) in [6, 6.07) is -0.276. The zero-order valence-electron chi connectivity index (χ0n) is 8.08. The number of carbonyl (C=O) groups excluding carboxylic acids is 1. The van der Waals surface area contributed by atoms with E-state index in [1.807, 2.05) is 5.43 Å². The molecule has 1 aromatic heterocycles. The van der Waals surface area contributed by atoms with E-state index in [1.54, 1.807) is 6.92 Å². The van der Waals surface area contributed by atoms with Crippen molar-refractivity contribution in [2.75, 3.05) is 0 Å². The molecule has 8 heteroatoms. The van der Waals surface area contributed by atoms with Crippen molar-refractivity contribution in [3.8, 4) is 0 Å². The van der Waals surface area contributed by atoms with Gasteiger partial charge in [0.2, 0.25) is 5.91 Å². The molecule has 0 saturated heterocycles. The number of nitrogens with two attached hydrogens (primary N) is 1. The van der Waals surface area contributed by atoms with Gasteiger partial charge in [0.15, 0.2) is 0 Å². The monoisotopic (exact) mass is 213 g/mol. The van der Waals surface area contributed by atoms with E-state index in [0.29, 0.717) is 0 Å². The summed E-state index contributed by atoms with van der Waals surface area (Å²) in [6.45, 7) is 1.71. The van der Waals surface area contributed by atoms with Gasteiger partial charge in [-0.3, -0.25) is 25.0 Å². The van der Waals surface area contributed by atoms with Crippen LogP contribution in [0, 0.1) is 10.1 Å². The minimum absolute atomic E-state index is 0.102. The van der Waals surface area contributed by atoms with Crippen molar-refractivity contribution in [2.24, 2.45) is 5.84 Å². The number of hydrogen-bond donors (Lipinski definition) is 2. The predicted molar refractivity (Wildman–Crippen MR) is 50.5 cm³/mol. The summed E-state index contributed by atoms with van der Waals surface area (Å²) in [7, 11) is 0. The van der Waals surface area contributed by atoms with Gasteiger partial charge in [-0.15, -0.1) is 0 Å². The molecule has 1 atom stereocenters. The minimum atomic E-state index is -0.542. The number of amides is 1. The largest absolute Gasteiger partial charge is 0.307 e. The van der Waals surface area contributed by atoms with Crippen molar-refractivity contribution < 1.29 is 9.72 Å². The van der Waals surface area contributed by atoms with Crippen LogP contribution in [0.25, 0.3) is 0 Å². The van der Waals surface area contributed by atoms with Crippen LogP contribution in [0.4, 0.5) is 5.69 Å². The first-order valence-electron chi connectivity index (χ1n) is 4.22. The Kier molecular flexibility index (Phi) is 3.34. The highest BCUT2D eigenvalue weighted by Crippen LogP contribution is 2.14. The quantitative estimate of drug-likeness (QED) is 0.309. The molecule has 0 aliphatic carbocycles. The number of nitro groups is 1. The lowest BCUT2D eigenvalue weighted by Gasteiger charge is -2.09. The van der Waals surface area contributed by atoms with Crippen LogP contribution in [-0.2, 0) is 4.79 Å². The number of hydrogen-bond acceptors (Lipinski definition) is 5. The molecule has 1 amide bonds. The molecule has 8 nitrogen and oxygen atoms in total. The lowest BCUT2D eigenvalue weighted by molar-refractivity contribution is -0.385. The first-order valence-corrected chi connectivity index (χ1v) is 4.22. The van der Waals surface area contributed by atoms with E-state index in [9.17, 15) is 14.9 Å². The second-order valence-electron chi connectivity index (χ2n) is 3.06. The van der Waals surface area contributed by atoms with Crippen molar-refractivity contribution in [1.82, 2.24) is 15.2 Å². The second-order valence-corrected chi connectivity index (χ2v) is 3.06. The molecule has 0 fully saturated rings. The number of nitrogens with one attached hydrogen (secondary N) is 1. The summed E-state index contributed by atoms with van der Waals surface area (Å²) in [5.74, 6) is 4.57. The van der Waals surface area contributed by atoms with Gasteiger partial charge in [-0.2, -0.15) is 5.10 Å². The van der Waals surface area contributed by atoms with E-state index < -0.39 is 4.92 Å². The molecule has 0 aliphatic heterocycles. The molecule has 1 aromatic rings. The third-order valence-electron chi connectivity index (χ3n) is 1.89. The second kappa shape index (κ2) is 4.51. The van der Waals surface area contributed by atoms with E-state index in [4.69, 9.17) is 5.84 Å². The lowest BCUT2D eigenvalue weighted by Crippen LogP contribution is -2.31. The molecule has 3 N–H and O–H groups in total. The minimum Gasteiger partial charge on any atom is -0.294 e. The summed E-state index contributed by atoms with van der Waals surface area (Å²) in [5, 5.41) is 14.1. The summed E-state index contributed by atoms with van der Waals surface area (Å²) >= 11 is 0. The Morgan fingerprint density at radius 1 is 1.87 bits per heavy atom. The molecule has 0 spiro atoms. The van der Waals surface area contributed by atoms with Crippen LogP contribution in [0.3, 0.4) is 0 Å². The number of carbonyl (C=O) groups is 1. The van der Waals surface area contributed by atoms with Crippen LogP contribution in [0.1, 0.15) is 19.4 Å². The van der Waals surface area contributed by atoms with Gasteiger partial charge in [0.25, 0.3) is 0 Å². The van der Waals surface area contributed by atoms with E-state index in [1.165, 1.54) is 10.9 Å². The summed E-state index contributed by atoms with van der Waals surface area (Å²) < 4.78 is 1.35. The normalized spacial score (nSPS) is 12.1. The van der Waals surface area contributed by atoms with Gasteiger partial charge >= 0.3 is 5.69 Å². The molecule has 0 aromatic carbocycles. The number of nitrogens with zero attached hydrogens (tertiary/aromatic N) is 3. The molecular formula is C7H11N5O3. The fourth-order valence-corrected chi connectivity index (χ4v) is 1.08. The Labute approximate surface area is 85.2 Å². The van der Waals surface area contributed by atoms with Crippen LogP contribution in [0.5, 0.6) is 0 Å². The van der Waals surface area contributed by atoms with Gasteiger partial charge in [-0.25, -0.2) is 5.84 Å². The first-order chi connectivity index (χ1) is 7.04. The SMILES string of the molecule is CC(CC(=O)NN)n1cc([N+](=O)[O-])cn1. The molecule has 1 rings (SSSR count). The molecule has 0 bridgehead atoms. The van der Waals surface area contributed by atoms with Crippen LogP contribution in [-0.4, -0.2) is 20.6 Å². The molecule has 82 valence electrons. The van der Waals surface area contributed by atoms with Crippen molar-refractivity contribution in [3.05, 3.63) is 22.5 Å². The summed E-state index contributed by atoms with van der Waals surface area (Å²) in [5.41, 5.74) is 1.88. The molecule has 15 heavy (non-hydrogen) atoms. The maximum Gasteiger partial charge on any atom is 0.307 e. The average Bonchev–Trinajstić information content (AvgIpc) is 2.66. The van der Waals surface area contributed by atoms with Gasteiger partial charge < -0.3 is 0 Å². The third kappa shape index (κ3) is 2.74. The fourth-order valence-electron chi connectivity index (χ4n) is 1.08. The first kappa shape index (κ1) is 11.1. The number of aromatic nitrogens is 2. The Hall–Kier alpha value is -1.96. The lowest BCUT2D eigenvalue weighted by atomic mass is 10.2. The standard InChI is InChI=1S/C7H11N5O3/c1-5(2-7(13)10-8)11-4-6(3-9-11)12(14)15/h3-5H,2,8H2,1H3,(H,10,13). The van der Waals surface area contributed by atoms with Crippen molar-refractivity contribution in [1.29, 1.82) is 0 Å². The Morgan fingerprint density at radius 2 is 2.53 bits per heavy atom. The zero-order chi connectivity index (χ0) is 11.4. The van der Waals surface area contributed by atoms with Gasteiger partial charge in [0.05, 0.1) is 17.4 Å². The fraction of sp³-hybridized carbons (Fsp3) is 0.429. The third-order valence-corrected chi connectivity index (χ3v) is 1.89. The molecule has 0 radical (unpaired) electrons. The van der Waals surface area contributed by atoms with E-state index >= 15 is 0 Å². The van der Waals surface area contributed by atoms with E-state index in [2.05, 4.69) is 5.10 Å². The Morgan fingerprint density at radius 3 is 3.00 bits per heavy atom. The molecule has 0 saturated carbocycles. The smallest absolute Gasteiger partial charge is 0.294 e. The van der Waals surface area contributed by atoms with Crippen LogP contribution < -0.4 is 11.3 Å². The van der Waals surface area contributed by atoms with Crippen LogP contribution >= 0.6 is 0 Å². The van der Waals surface area contributed by atoms with Crippen molar-refractivity contribution in [3.63, 3.8) is 0 Å². The molecule has 0 aliphatic rings. The van der Waals surface area contributed by atoms with Crippen LogP contribution in [0.2, 0.25) is 0 Å². The highest BCUT2D eigenvalue weighted by atomic mass is 16.6. The number of hydrazine groups is 1. The Bertz CT molecular complexity index is 374. The topological polar surface area (TPSA) is 116 Å². The summed E-state index contributed by atoms with van der Waals surface area (Å²) in [6.07, 6.45) is 2.53. The highest BCUT2D eigenvalue weighted by molar-refractivity contribution is 5.75. The van der Waals surface area contributed by atoms with Crippen LogP contribution in [0.15, 0.2) is 12.4 Å². The van der Waals surface area contributed by atoms with Gasteiger partial charge in [-0.1, -0.05) is 0 Å². The maximum atomic E-state index is 10.9. The van der Waals surface area contributed by atoms with Gasteiger partial charge in [0, 0.05) is 0 Å². The predicted octanol–water partition coefficient (Wildman–Crippen LogP) is -0.268. The average molecular weight is 213 g/mol. The zero-order valence-corrected chi connectivity index (χ0v) is 8.08. The Balaban J connectivity index is 2.69. The van der Waals surface area contributed by atoms with Gasteiger partial charge in [0.1, 0.15) is 12.4 Å². The molecule has 1 heterocycles. The van der Waals surface area contributed by atoms with Crippen molar-refractivity contribution in [2.45, 2.75) is 19.4 Å². The van der Waals surface area contributed by atoms with E-state index in [-0.39, 0.29) is 24.1 Å². The molecule has 1 unspecified atom stereocenters. The molecular weight excluding hydrogens is 202 g/mol. The number of rotatable bonds is 4. The van der Waals surface area contributed by atoms with E-state index in [0.717, 1.165) is 6.20 Å². The van der Waals surface area contributed by atoms with Crippen molar-refractivity contribution >= 4 is 11.6 Å². The van der Waals surface area contributed by atoms with Gasteiger partial charge in [-0.05, 0) is 6.92 Å². The summed E-state index contributed by atoms with van der Waals surface area (Å²) in [4.78, 5) is 20.8. The highest BCUT2D eigenvalue weighted by Gasteiger charge is 2.14.